The second-order valence-electron chi connectivity index (χ2n) is 8.79. The highest BCUT2D eigenvalue weighted by Crippen LogP contribution is 2.39. The number of hydrogen-bond acceptors (Lipinski definition) is 7. The molecule has 3 N–H and O–H groups in total. The maximum absolute atomic E-state index is 12.2. The van der Waals surface area contributed by atoms with E-state index in [4.69, 9.17) is 4.98 Å². The average Bonchev–Trinajstić information content (AvgIpc) is 3.23. The van der Waals surface area contributed by atoms with E-state index in [1.165, 1.54) is 6.26 Å². The van der Waals surface area contributed by atoms with Crippen LogP contribution in [0.5, 0.6) is 0 Å². The van der Waals surface area contributed by atoms with Crippen LogP contribution in [0.4, 0.5) is 17.5 Å². The van der Waals surface area contributed by atoms with Gasteiger partial charge in [0.15, 0.2) is 5.82 Å². The first kappa shape index (κ1) is 20.2. The second kappa shape index (κ2) is 7.45. The van der Waals surface area contributed by atoms with Crippen LogP contribution in [0.1, 0.15) is 36.9 Å². The van der Waals surface area contributed by atoms with Crippen molar-refractivity contribution >= 4 is 38.4 Å². The zero-order valence-electron chi connectivity index (χ0n) is 17.9. The number of aromatic amines is 1. The van der Waals surface area contributed by atoms with E-state index in [-0.39, 0.29) is 18.1 Å². The molecule has 5 rings (SSSR count). The molecule has 164 valence electrons. The van der Waals surface area contributed by atoms with Crippen molar-refractivity contribution in [3.05, 3.63) is 35.7 Å². The molecule has 2 aliphatic heterocycles. The monoisotopic (exact) mass is 441 g/mol. The maximum Gasteiger partial charge on any atom is 0.211 e. The Morgan fingerprint density at radius 2 is 1.84 bits per heavy atom. The summed E-state index contributed by atoms with van der Waals surface area (Å²) in [6.07, 6.45) is 6.57. The lowest BCUT2D eigenvalue weighted by Crippen LogP contribution is -2.49. The Morgan fingerprint density at radius 1 is 1.10 bits per heavy atom. The fraction of sp³-hybridized carbons (Fsp3) is 0.476. The van der Waals surface area contributed by atoms with Crippen molar-refractivity contribution in [2.45, 2.75) is 57.7 Å². The summed E-state index contributed by atoms with van der Waals surface area (Å²) < 4.78 is 26.1. The topological polar surface area (TPSA) is 116 Å². The minimum atomic E-state index is -3.18. The van der Waals surface area contributed by atoms with E-state index < -0.39 is 10.0 Å². The highest BCUT2D eigenvalue weighted by molar-refractivity contribution is 7.88. The van der Waals surface area contributed by atoms with Gasteiger partial charge in [-0.05, 0) is 51.2 Å². The molecule has 2 bridgehead atoms. The molecule has 0 aliphatic carbocycles. The molecule has 3 aromatic heterocycles. The third kappa shape index (κ3) is 3.97. The number of aromatic nitrogens is 4. The number of nitrogens with one attached hydrogen (secondary N) is 3. The molecule has 2 fully saturated rings. The first-order valence-electron chi connectivity index (χ1n) is 10.6. The van der Waals surface area contributed by atoms with Crippen molar-refractivity contribution in [1.82, 2.24) is 24.5 Å². The highest BCUT2D eigenvalue weighted by Gasteiger charge is 2.45. The minimum absolute atomic E-state index is 0.0608. The van der Waals surface area contributed by atoms with Crippen LogP contribution >= 0.6 is 0 Å². The second-order valence-corrected chi connectivity index (χ2v) is 10.7. The van der Waals surface area contributed by atoms with Crippen LogP contribution in [0.25, 0.3) is 10.9 Å². The number of H-pyrrole nitrogens is 1. The lowest BCUT2D eigenvalue weighted by Gasteiger charge is -2.37. The van der Waals surface area contributed by atoms with E-state index in [1.807, 2.05) is 32.2 Å². The number of sulfonamides is 1. The number of hydrogen-bond donors (Lipinski definition) is 3. The molecule has 2 aliphatic rings. The van der Waals surface area contributed by atoms with Crippen molar-refractivity contribution in [2.75, 3.05) is 16.9 Å². The molecule has 3 atom stereocenters. The standard InChI is InChI=1S/C21H27N7O2S/c1-12-6-17-18(22-11-12)10-19(24-20-7-13(2)26-27-20)25-21(17)23-14-8-15-4-5-16(9-14)28(15)31(3,29)30/h6-7,10-11,14-16H,4-5,8-9H2,1-3H3,(H3,23,24,25,26,27)/t14?,15-,16+. The van der Waals surface area contributed by atoms with Gasteiger partial charge in [-0.2, -0.15) is 9.40 Å². The van der Waals surface area contributed by atoms with Crippen molar-refractivity contribution in [2.24, 2.45) is 0 Å². The molecular formula is C21H27N7O2S. The Balaban J connectivity index is 1.45. The van der Waals surface area contributed by atoms with Crippen molar-refractivity contribution < 1.29 is 8.42 Å². The maximum atomic E-state index is 12.2. The van der Waals surface area contributed by atoms with E-state index in [0.717, 1.165) is 53.7 Å². The summed E-state index contributed by atoms with van der Waals surface area (Å²) in [6.45, 7) is 3.96. The molecule has 3 aromatic rings. The Labute approximate surface area is 181 Å². The van der Waals surface area contributed by atoms with E-state index in [1.54, 1.807) is 4.31 Å². The Bertz CT molecular complexity index is 1230. The van der Waals surface area contributed by atoms with E-state index >= 15 is 0 Å². The van der Waals surface area contributed by atoms with E-state index in [9.17, 15) is 8.42 Å². The summed E-state index contributed by atoms with van der Waals surface area (Å²) in [5, 5.41) is 15.0. The molecule has 10 heteroatoms. The first-order chi connectivity index (χ1) is 14.8. The number of anilines is 3. The van der Waals surface area contributed by atoms with Gasteiger partial charge in [-0.15, -0.1) is 0 Å². The highest BCUT2D eigenvalue weighted by atomic mass is 32.2. The van der Waals surface area contributed by atoms with Crippen LogP contribution in [0.3, 0.4) is 0 Å². The Hall–Kier alpha value is -2.72. The lowest BCUT2D eigenvalue weighted by atomic mass is 9.99. The number of rotatable bonds is 5. The number of piperidine rings is 1. The fourth-order valence-corrected chi connectivity index (χ4v) is 6.47. The van der Waals surface area contributed by atoms with Crippen LogP contribution < -0.4 is 10.6 Å². The fourth-order valence-electron chi connectivity index (χ4n) is 5.00. The molecule has 2 saturated heterocycles. The largest absolute Gasteiger partial charge is 0.367 e. The SMILES string of the molecule is Cc1cnc2cc(Nc3cc(C)[nH]n3)nc(NC3C[C@H]4CC[C@@H](C3)N4S(C)(=O)=O)c2c1. The predicted molar refractivity (Wildman–Crippen MR) is 121 cm³/mol. The van der Waals surface area contributed by atoms with Gasteiger partial charge in [0.05, 0.1) is 11.8 Å². The smallest absolute Gasteiger partial charge is 0.211 e. The molecule has 5 heterocycles. The van der Waals surface area contributed by atoms with Crippen LogP contribution in [0.2, 0.25) is 0 Å². The molecule has 0 amide bonds. The van der Waals surface area contributed by atoms with Gasteiger partial charge in [-0.25, -0.2) is 13.4 Å². The molecule has 31 heavy (non-hydrogen) atoms. The Morgan fingerprint density at radius 3 is 2.48 bits per heavy atom. The van der Waals surface area contributed by atoms with Gasteiger partial charge >= 0.3 is 0 Å². The number of aryl methyl sites for hydroxylation is 2. The third-order valence-electron chi connectivity index (χ3n) is 6.17. The van der Waals surface area contributed by atoms with Crippen LogP contribution in [0, 0.1) is 13.8 Å². The van der Waals surface area contributed by atoms with Crippen LogP contribution in [-0.4, -0.2) is 57.3 Å². The molecule has 0 saturated carbocycles. The van der Waals surface area contributed by atoms with Gasteiger partial charge in [0.2, 0.25) is 10.0 Å². The van der Waals surface area contributed by atoms with Gasteiger partial charge in [0.1, 0.15) is 11.6 Å². The average molecular weight is 442 g/mol. The first-order valence-corrected chi connectivity index (χ1v) is 12.4. The van der Waals surface area contributed by atoms with Crippen molar-refractivity contribution in [3.8, 4) is 0 Å². The lowest BCUT2D eigenvalue weighted by molar-refractivity contribution is 0.236. The zero-order valence-corrected chi connectivity index (χ0v) is 18.7. The summed E-state index contributed by atoms with van der Waals surface area (Å²) in [7, 11) is -3.18. The van der Waals surface area contributed by atoms with Crippen LogP contribution in [0.15, 0.2) is 24.4 Å². The van der Waals surface area contributed by atoms with Gasteiger partial charge in [0.25, 0.3) is 0 Å². The third-order valence-corrected chi connectivity index (χ3v) is 7.53. The Kier molecular flexibility index (Phi) is 4.86. The van der Waals surface area contributed by atoms with E-state index in [2.05, 4.69) is 31.9 Å². The molecular weight excluding hydrogens is 414 g/mol. The van der Waals surface area contributed by atoms with Crippen LogP contribution in [-0.2, 0) is 10.0 Å². The van der Waals surface area contributed by atoms with Crippen molar-refractivity contribution in [3.63, 3.8) is 0 Å². The summed E-state index contributed by atoms with van der Waals surface area (Å²) >= 11 is 0. The van der Waals surface area contributed by atoms with Gasteiger partial charge in [-0.1, -0.05) is 0 Å². The normalized spacial score (nSPS) is 23.9. The van der Waals surface area contributed by atoms with Gasteiger partial charge in [0, 0.05) is 47.5 Å². The summed E-state index contributed by atoms with van der Waals surface area (Å²) in [5.41, 5.74) is 2.87. The predicted octanol–water partition coefficient (Wildman–Crippen LogP) is 3.08. The minimum Gasteiger partial charge on any atom is -0.367 e. The van der Waals surface area contributed by atoms with E-state index in [0.29, 0.717) is 11.6 Å². The molecule has 9 nitrogen and oxygen atoms in total. The number of nitrogens with zero attached hydrogens (tertiary/aromatic N) is 4. The molecule has 1 unspecified atom stereocenters. The summed E-state index contributed by atoms with van der Waals surface area (Å²) in [4.78, 5) is 9.42. The summed E-state index contributed by atoms with van der Waals surface area (Å²) in [5.74, 6) is 2.12. The number of pyridine rings is 2. The van der Waals surface area contributed by atoms with Crippen molar-refractivity contribution in [1.29, 1.82) is 0 Å². The zero-order chi connectivity index (χ0) is 21.8. The molecule has 0 aromatic carbocycles. The van der Waals surface area contributed by atoms with Gasteiger partial charge < -0.3 is 10.6 Å². The molecule has 0 radical (unpaired) electrons. The molecule has 0 spiro atoms. The van der Waals surface area contributed by atoms with Gasteiger partial charge in [-0.3, -0.25) is 10.1 Å². The number of fused-ring (bicyclic) bond motifs is 3. The quantitative estimate of drug-likeness (QED) is 0.557. The summed E-state index contributed by atoms with van der Waals surface area (Å²) in [6, 6.07) is 6.20.